The fourth-order valence-electron chi connectivity index (χ4n) is 13.6. The van der Waals surface area contributed by atoms with Gasteiger partial charge in [-0.1, -0.05) is 185 Å². The molecule has 0 radical (unpaired) electrons. The SMILES string of the molecule is CC(C)(C)c1cccc2c1-c1ccc(N(c3ccc4c(c3)C(C)(C)c3ccccc3-4)c3ccc(C4CCCCC4)cc3-c3cc(C4CCCCC4)cc(C4CCCCC4)c3)cc1C2(C)C. The van der Waals surface area contributed by atoms with Gasteiger partial charge in [-0.15, -0.1) is 0 Å². The van der Waals surface area contributed by atoms with E-state index in [1.54, 1.807) is 11.1 Å². The van der Waals surface area contributed by atoms with Gasteiger partial charge in [-0.3, -0.25) is 0 Å². The molecule has 11 rings (SSSR count). The van der Waals surface area contributed by atoms with Gasteiger partial charge in [0, 0.05) is 27.8 Å². The maximum atomic E-state index is 2.68. The average molecular weight is 856 g/mol. The Morgan fingerprint density at radius 3 is 1.52 bits per heavy atom. The average Bonchev–Trinajstić information content (AvgIpc) is 3.71. The van der Waals surface area contributed by atoms with Gasteiger partial charge < -0.3 is 4.90 Å². The van der Waals surface area contributed by atoms with Gasteiger partial charge in [0.1, 0.15) is 0 Å². The molecule has 5 aliphatic carbocycles. The summed E-state index contributed by atoms with van der Waals surface area (Å²) in [7, 11) is 0. The third kappa shape index (κ3) is 7.43. The van der Waals surface area contributed by atoms with Gasteiger partial charge in [-0.25, -0.2) is 0 Å². The molecule has 1 heteroatoms. The van der Waals surface area contributed by atoms with E-state index in [0.29, 0.717) is 17.8 Å². The van der Waals surface area contributed by atoms with Crippen LogP contribution in [-0.2, 0) is 16.2 Å². The van der Waals surface area contributed by atoms with Crippen molar-refractivity contribution in [3.63, 3.8) is 0 Å². The lowest BCUT2D eigenvalue weighted by atomic mass is 9.78. The van der Waals surface area contributed by atoms with Gasteiger partial charge in [0.05, 0.1) is 5.69 Å². The number of anilines is 3. The van der Waals surface area contributed by atoms with Crippen molar-refractivity contribution in [3.8, 4) is 33.4 Å². The number of hydrogen-bond acceptors (Lipinski definition) is 1. The molecule has 0 saturated heterocycles. The van der Waals surface area contributed by atoms with E-state index in [1.165, 1.54) is 180 Å². The smallest absolute Gasteiger partial charge is 0.0540 e. The zero-order valence-corrected chi connectivity index (χ0v) is 40.8. The predicted octanol–water partition coefficient (Wildman–Crippen LogP) is 18.9. The standard InChI is InChI=1S/C64H73N/c1-62(2,3)56-28-19-29-57-61(56)53-34-32-50(41-59(53)64(57,6)7)65(49-31-33-52-51-26-17-18-27-55(51)63(4,5)58(52)40-49)60-35-30-45(42-20-11-8-12-21-42)39-54(60)48-37-46(43-22-13-9-14-23-43)36-47(38-48)44-24-15-10-16-25-44/h17-19,26-44H,8-16,20-25H2,1-7H3. The first kappa shape index (κ1) is 42.7. The molecule has 0 amide bonds. The van der Waals surface area contributed by atoms with E-state index in [4.69, 9.17) is 0 Å². The van der Waals surface area contributed by atoms with Crippen LogP contribution in [0.15, 0.2) is 115 Å². The number of benzene rings is 6. The number of hydrogen-bond donors (Lipinski definition) is 0. The number of nitrogens with zero attached hydrogens (tertiary/aromatic N) is 1. The van der Waals surface area contributed by atoms with E-state index in [0.717, 1.165) is 0 Å². The van der Waals surface area contributed by atoms with Crippen molar-refractivity contribution in [2.24, 2.45) is 0 Å². The Morgan fingerprint density at radius 1 is 0.415 bits per heavy atom. The molecule has 0 bridgehead atoms. The van der Waals surface area contributed by atoms with Gasteiger partial charge in [0.2, 0.25) is 0 Å². The maximum absolute atomic E-state index is 2.68. The molecule has 6 aromatic carbocycles. The first-order chi connectivity index (χ1) is 31.4. The first-order valence-electron chi connectivity index (χ1n) is 26.0. The summed E-state index contributed by atoms with van der Waals surface area (Å²) in [5.74, 6) is 1.94. The molecule has 3 fully saturated rings. The minimum atomic E-state index is -0.133. The van der Waals surface area contributed by atoms with E-state index in [2.05, 4.69) is 169 Å². The topological polar surface area (TPSA) is 3.24 Å². The summed E-state index contributed by atoms with van der Waals surface area (Å²) in [6.45, 7) is 16.9. The van der Waals surface area contributed by atoms with Crippen molar-refractivity contribution in [2.75, 3.05) is 4.90 Å². The molecule has 3 saturated carbocycles. The summed E-state index contributed by atoms with van der Waals surface area (Å²) in [5.41, 5.74) is 24.0. The summed E-state index contributed by atoms with van der Waals surface area (Å²) in [6, 6.07) is 46.9. The van der Waals surface area contributed by atoms with E-state index in [-0.39, 0.29) is 16.2 Å². The van der Waals surface area contributed by atoms with Crippen LogP contribution in [-0.4, -0.2) is 0 Å². The van der Waals surface area contributed by atoms with Crippen molar-refractivity contribution in [2.45, 2.75) is 179 Å². The predicted molar refractivity (Wildman–Crippen MR) is 278 cm³/mol. The Balaban J connectivity index is 1.15. The summed E-state index contributed by atoms with van der Waals surface area (Å²) >= 11 is 0. The van der Waals surface area contributed by atoms with E-state index in [9.17, 15) is 0 Å². The zero-order valence-electron chi connectivity index (χ0n) is 40.8. The van der Waals surface area contributed by atoms with Crippen LogP contribution < -0.4 is 4.90 Å². The minimum absolute atomic E-state index is 0.0418. The van der Waals surface area contributed by atoms with Crippen LogP contribution in [0.1, 0.15) is 207 Å². The monoisotopic (exact) mass is 856 g/mol. The lowest BCUT2D eigenvalue weighted by molar-refractivity contribution is 0.435. The highest BCUT2D eigenvalue weighted by atomic mass is 15.1. The molecule has 65 heavy (non-hydrogen) atoms. The second kappa shape index (κ2) is 16.5. The number of rotatable bonds is 7. The minimum Gasteiger partial charge on any atom is -0.310 e. The lowest BCUT2D eigenvalue weighted by Gasteiger charge is -2.32. The molecule has 0 spiro atoms. The Hall–Kier alpha value is -4.88. The Morgan fingerprint density at radius 2 is 0.923 bits per heavy atom. The summed E-state index contributed by atoms with van der Waals surface area (Å²) in [4.78, 5) is 2.68. The largest absolute Gasteiger partial charge is 0.310 e. The van der Waals surface area contributed by atoms with Crippen molar-refractivity contribution in [1.82, 2.24) is 0 Å². The Kier molecular flexibility index (Phi) is 10.8. The van der Waals surface area contributed by atoms with E-state index < -0.39 is 0 Å². The zero-order chi connectivity index (χ0) is 44.7. The third-order valence-corrected chi connectivity index (χ3v) is 17.4. The molecule has 0 aromatic heterocycles. The van der Waals surface area contributed by atoms with Crippen LogP contribution in [0, 0.1) is 0 Å². The first-order valence-corrected chi connectivity index (χ1v) is 26.0. The van der Waals surface area contributed by atoms with Crippen LogP contribution in [0.3, 0.4) is 0 Å². The van der Waals surface area contributed by atoms with Gasteiger partial charge in [0.25, 0.3) is 0 Å². The Bertz CT molecular complexity index is 2720. The van der Waals surface area contributed by atoms with Crippen molar-refractivity contribution >= 4 is 17.1 Å². The summed E-state index contributed by atoms with van der Waals surface area (Å²) < 4.78 is 0. The molecule has 0 N–H and O–H groups in total. The molecule has 0 atom stereocenters. The van der Waals surface area contributed by atoms with Gasteiger partial charge in [-0.2, -0.15) is 0 Å². The summed E-state index contributed by atoms with van der Waals surface area (Å²) in [6.07, 6.45) is 20.2. The normalized spacial score (nSPS) is 19.4. The molecule has 0 unspecified atom stereocenters. The second-order valence-corrected chi connectivity index (χ2v) is 23.2. The molecule has 0 heterocycles. The highest BCUT2D eigenvalue weighted by Gasteiger charge is 2.40. The van der Waals surface area contributed by atoms with Gasteiger partial charge in [-0.05, 0) is 170 Å². The van der Waals surface area contributed by atoms with Gasteiger partial charge in [0.15, 0.2) is 0 Å². The second-order valence-electron chi connectivity index (χ2n) is 23.2. The van der Waals surface area contributed by atoms with Crippen molar-refractivity contribution < 1.29 is 0 Å². The highest BCUT2D eigenvalue weighted by Crippen LogP contribution is 2.56. The van der Waals surface area contributed by atoms with Crippen LogP contribution >= 0.6 is 0 Å². The van der Waals surface area contributed by atoms with Gasteiger partial charge >= 0.3 is 0 Å². The molecular weight excluding hydrogens is 783 g/mol. The highest BCUT2D eigenvalue weighted by molar-refractivity contribution is 5.93. The van der Waals surface area contributed by atoms with Crippen LogP contribution in [0.5, 0.6) is 0 Å². The number of fused-ring (bicyclic) bond motifs is 6. The lowest BCUT2D eigenvalue weighted by Crippen LogP contribution is -2.18. The quantitative estimate of drug-likeness (QED) is 0.155. The van der Waals surface area contributed by atoms with Crippen LogP contribution in [0.25, 0.3) is 33.4 Å². The van der Waals surface area contributed by atoms with Crippen LogP contribution in [0.2, 0.25) is 0 Å². The van der Waals surface area contributed by atoms with Crippen LogP contribution in [0.4, 0.5) is 17.1 Å². The fraction of sp³-hybridized carbons (Fsp3) is 0.438. The molecule has 334 valence electrons. The fourth-order valence-corrected chi connectivity index (χ4v) is 13.6. The molecule has 5 aliphatic rings. The third-order valence-electron chi connectivity index (χ3n) is 17.4. The summed E-state index contributed by atoms with van der Waals surface area (Å²) in [5, 5.41) is 0. The molecule has 1 nitrogen and oxygen atoms in total. The van der Waals surface area contributed by atoms with Crippen molar-refractivity contribution in [3.05, 3.63) is 160 Å². The molecule has 6 aromatic rings. The van der Waals surface area contributed by atoms with Crippen molar-refractivity contribution in [1.29, 1.82) is 0 Å². The Labute approximate surface area is 392 Å². The molecule has 0 aliphatic heterocycles. The molecular formula is C64H73N. The van der Waals surface area contributed by atoms with E-state index >= 15 is 0 Å². The van der Waals surface area contributed by atoms with E-state index in [1.807, 2.05) is 0 Å². The maximum Gasteiger partial charge on any atom is 0.0540 e.